The molecular formula is C60H119N2O6P. The molecule has 0 aromatic heterocycles. The Labute approximate surface area is 430 Å². The Balaban J connectivity index is 4.08. The topological polar surface area (TPSA) is 108 Å². The molecule has 0 aromatic rings. The number of aliphatic hydroxyl groups excluding tert-OH is 1. The second-order valence-corrected chi connectivity index (χ2v) is 23.5. The van der Waals surface area contributed by atoms with Crippen LogP contribution >= 0.6 is 7.82 Å². The number of quaternary nitrogens is 1. The summed E-state index contributed by atoms with van der Waals surface area (Å²) in [7, 11) is 1.27. The lowest BCUT2D eigenvalue weighted by molar-refractivity contribution is -0.870. The molecule has 0 saturated heterocycles. The predicted molar refractivity (Wildman–Crippen MR) is 298 cm³/mol. The van der Waals surface area contributed by atoms with Crippen molar-refractivity contribution in [1.29, 1.82) is 0 Å². The van der Waals surface area contributed by atoms with Gasteiger partial charge in [-0.15, -0.1) is 0 Å². The van der Waals surface area contributed by atoms with Gasteiger partial charge in [0.05, 0.1) is 39.9 Å². The molecule has 0 spiro atoms. The zero-order chi connectivity index (χ0) is 50.6. The third-order valence-electron chi connectivity index (χ3n) is 13.9. The normalized spacial score (nSPS) is 14.0. The summed E-state index contributed by atoms with van der Waals surface area (Å²) >= 11 is 0. The lowest BCUT2D eigenvalue weighted by Gasteiger charge is -2.29. The van der Waals surface area contributed by atoms with E-state index in [0.717, 1.165) is 51.4 Å². The molecule has 1 amide bonds. The van der Waals surface area contributed by atoms with Gasteiger partial charge in [-0.1, -0.05) is 276 Å². The number of rotatable bonds is 56. The Hall–Kier alpha value is -1.02. The number of allylic oxidation sites excluding steroid dienone is 3. The maximum atomic E-state index is 12.9. The number of nitrogens with one attached hydrogen (secondary N) is 1. The third-order valence-corrected chi connectivity index (χ3v) is 14.9. The average molecular weight is 996 g/mol. The Morgan fingerprint density at radius 2 is 0.797 bits per heavy atom. The van der Waals surface area contributed by atoms with Gasteiger partial charge in [-0.2, -0.15) is 0 Å². The van der Waals surface area contributed by atoms with Crippen molar-refractivity contribution in [3.05, 3.63) is 24.3 Å². The van der Waals surface area contributed by atoms with Crippen molar-refractivity contribution in [2.24, 2.45) is 0 Å². The molecule has 0 fully saturated rings. The van der Waals surface area contributed by atoms with Gasteiger partial charge in [-0.05, 0) is 44.9 Å². The molecule has 410 valence electrons. The average Bonchev–Trinajstić information content (AvgIpc) is 3.31. The highest BCUT2D eigenvalue weighted by Gasteiger charge is 2.23. The molecule has 3 atom stereocenters. The second kappa shape index (κ2) is 51.9. The highest BCUT2D eigenvalue weighted by atomic mass is 31.2. The van der Waals surface area contributed by atoms with Crippen LogP contribution in [-0.2, 0) is 18.4 Å². The second-order valence-electron chi connectivity index (χ2n) is 22.1. The van der Waals surface area contributed by atoms with E-state index in [9.17, 15) is 19.4 Å². The molecule has 0 saturated carbocycles. The summed E-state index contributed by atoms with van der Waals surface area (Å²) in [5.41, 5.74) is 0. The number of hydrogen-bond donors (Lipinski definition) is 2. The van der Waals surface area contributed by atoms with E-state index in [-0.39, 0.29) is 19.1 Å². The Kier molecular flexibility index (Phi) is 51.1. The van der Waals surface area contributed by atoms with Crippen molar-refractivity contribution in [2.75, 3.05) is 40.9 Å². The Bertz CT molecular complexity index is 1170. The van der Waals surface area contributed by atoms with E-state index in [1.54, 1.807) is 6.08 Å². The van der Waals surface area contributed by atoms with E-state index in [4.69, 9.17) is 9.05 Å². The molecule has 0 radical (unpaired) electrons. The fraction of sp³-hybridized carbons (Fsp3) is 0.917. The summed E-state index contributed by atoms with van der Waals surface area (Å²) in [6.07, 6.45) is 65.6. The molecule has 0 heterocycles. The van der Waals surface area contributed by atoms with Crippen LogP contribution in [0.2, 0.25) is 0 Å². The molecule has 9 heteroatoms. The lowest BCUT2D eigenvalue weighted by Crippen LogP contribution is -2.45. The number of nitrogens with zero attached hydrogens (tertiary/aromatic N) is 1. The van der Waals surface area contributed by atoms with Crippen LogP contribution in [0.4, 0.5) is 0 Å². The Morgan fingerprint density at radius 3 is 1.13 bits per heavy atom. The molecule has 0 aliphatic rings. The quantitative estimate of drug-likeness (QED) is 0.0272. The molecule has 0 bridgehead atoms. The number of carbonyl (C=O) groups excluding carboxylic acids is 1. The van der Waals surface area contributed by atoms with Crippen molar-refractivity contribution in [3.8, 4) is 0 Å². The van der Waals surface area contributed by atoms with E-state index < -0.39 is 20.0 Å². The van der Waals surface area contributed by atoms with Gasteiger partial charge < -0.3 is 28.8 Å². The number of phosphoric acid groups is 1. The molecule has 0 aliphatic heterocycles. The minimum Gasteiger partial charge on any atom is -0.756 e. The summed E-state index contributed by atoms with van der Waals surface area (Å²) in [4.78, 5) is 25.5. The van der Waals surface area contributed by atoms with E-state index in [1.807, 2.05) is 27.2 Å². The molecule has 0 aliphatic carbocycles. The summed E-state index contributed by atoms with van der Waals surface area (Å²) in [5.74, 6) is -0.202. The van der Waals surface area contributed by atoms with Crippen LogP contribution in [0.3, 0.4) is 0 Å². The first-order chi connectivity index (χ1) is 33.5. The van der Waals surface area contributed by atoms with E-state index in [1.165, 1.54) is 231 Å². The molecule has 2 N–H and O–H groups in total. The maximum absolute atomic E-state index is 12.9. The SMILES string of the molecule is CCCCCCCCC/C=C\CCCCCCCC(=O)NC(COP(=O)([O-])OCC[N+](C)(C)C)C(O)/C=C/CCCCCCCCCCCCCCCCCCCCCCCCCCCCCCC. The van der Waals surface area contributed by atoms with Crippen molar-refractivity contribution < 1.29 is 32.9 Å². The number of carbonyl (C=O) groups is 1. The maximum Gasteiger partial charge on any atom is 0.268 e. The highest BCUT2D eigenvalue weighted by molar-refractivity contribution is 7.45. The molecular weight excluding hydrogens is 876 g/mol. The molecule has 8 nitrogen and oxygen atoms in total. The lowest BCUT2D eigenvalue weighted by atomic mass is 10.0. The van der Waals surface area contributed by atoms with Gasteiger partial charge >= 0.3 is 0 Å². The summed E-state index contributed by atoms with van der Waals surface area (Å²) in [5, 5.41) is 13.9. The van der Waals surface area contributed by atoms with Crippen molar-refractivity contribution >= 4 is 13.7 Å². The Morgan fingerprint density at radius 1 is 0.493 bits per heavy atom. The van der Waals surface area contributed by atoms with Gasteiger partial charge in [0.1, 0.15) is 13.2 Å². The standard InChI is InChI=1S/C60H119N2O6P/c1-6-8-10-12-14-16-18-20-22-24-25-26-27-28-29-30-31-32-33-34-35-36-37-38-39-41-43-45-47-49-51-53-59(63)58(57-68-69(65,66)67-56-55-62(3,4)5)61-60(64)54-52-50-48-46-44-42-40-23-21-19-17-15-13-11-9-7-2/h23,40,51,53,58-59,63H,6-22,24-39,41-50,52,54-57H2,1-5H3,(H-,61,64,65,66)/b40-23-,53-51+. The monoisotopic (exact) mass is 995 g/mol. The minimum atomic E-state index is -4.60. The van der Waals surface area contributed by atoms with Gasteiger partial charge in [-0.3, -0.25) is 9.36 Å². The minimum absolute atomic E-state index is 0.00101. The fourth-order valence-corrected chi connectivity index (χ4v) is 9.87. The first-order valence-electron chi connectivity index (χ1n) is 30.2. The smallest absolute Gasteiger partial charge is 0.268 e. The first kappa shape index (κ1) is 68.0. The third kappa shape index (κ3) is 54.6. The highest BCUT2D eigenvalue weighted by Crippen LogP contribution is 2.38. The number of aliphatic hydroxyl groups is 1. The van der Waals surface area contributed by atoms with Crippen LogP contribution in [0.1, 0.15) is 303 Å². The first-order valence-corrected chi connectivity index (χ1v) is 31.7. The molecule has 0 aromatic carbocycles. The van der Waals surface area contributed by atoms with Gasteiger partial charge in [0.15, 0.2) is 0 Å². The van der Waals surface area contributed by atoms with Gasteiger partial charge in [0, 0.05) is 6.42 Å². The van der Waals surface area contributed by atoms with Crippen LogP contribution in [0.5, 0.6) is 0 Å². The van der Waals surface area contributed by atoms with E-state index in [0.29, 0.717) is 17.4 Å². The van der Waals surface area contributed by atoms with Gasteiger partial charge in [0.25, 0.3) is 7.82 Å². The van der Waals surface area contributed by atoms with Gasteiger partial charge in [-0.25, -0.2) is 0 Å². The van der Waals surface area contributed by atoms with Crippen LogP contribution in [0.25, 0.3) is 0 Å². The molecule has 0 rings (SSSR count). The number of unbranched alkanes of at least 4 members (excludes halogenated alkanes) is 41. The fourth-order valence-electron chi connectivity index (χ4n) is 9.15. The van der Waals surface area contributed by atoms with Gasteiger partial charge in [0.2, 0.25) is 5.91 Å². The molecule has 3 unspecified atom stereocenters. The molecule has 69 heavy (non-hydrogen) atoms. The van der Waals surface area contributed by atoms with Crippen LogP contribution in [-0.4, -0.2) is 68.5 Å². The number of hydrogen-bond acceptors (Lipinski definition) is 6. The van der Waals surface area contributed by atoms with Crippen LogP contribution in [0.15, 0.2) is 24.3 Å². The van der Waals surface area contributed by atoms with E-state index in [2.05, 4.69) is 31.3 Å². The van der Waals surface area contributed by atoms with Crippen molar-refractivity contribution in [3.63, 3.8) is 0 Å². The van der Waals surface area contributed by atoms with E-state index >= 15 is 0 Å². The summed E-state index contributed by atoms with van der Waals surface area (Å²) in [6, 6.07) is -0.889. The number of likely N-dealkylation sites (N-methyl/N-ethyl adjacent to an activating group) is 1. The summed E-state index contributed by atoms with van der Waals surface area (Å²) < 4.78 is 23.3. The summed E-state index contributed by atoms with van der Waals surface area (Å²) in [6.45, 7) is 4.68. The number of amides is 1. The van der Waals surface area contributed by atoms with Crippen molar-refractivity contribution in [1.82, 2.24) is 5.32 Å². The zero-order valence-electron chi connectivity index (χ0n) is 46.8. The predicted octanol–water partition coefficient (Wildman–Crippen LogP) is 17.7. The zero-order valence-corrected chi connectivity index (χ0v) is 47.7. The largest absolute Gasteiger partial charge is 0.756 e. The van der Waals surface area contributed by atoms with Crippen molar-refractivity contribution in [2.45, 2.75) is 315 Å². The van der Waals surface area contributed by atoms with Crippen LogP contribution < -0.4 is 10.2 Å². The number of phosphoric ester groups is 1. The van der Waals surface area contributed by atoms with Crippen LogP contribution in [0, 0.1) is 0 Å².